The van der Waals surface area contributed by atoms with Crippen molar-refractivity contribution in [2.75, 3.05) is 33.6 Å². The zero-order valence-electron chi connectivity index (χ0n) is 24.6. The van der Waals surface area contributed by atoms with E-state index in [1.807, 2.05) is 0 Å². The van der Waals surface area contributed by atoms with Gasteiger partial charge >= 0.3 is 11.7 Å². The number of hydrogen-bond acceptors (Lipinski definition) is 6. The number of nitrogens with zero attached hydrogens (tertiary/aromatic N) is 5. The molecular weight excluding hydrogens is 572 g/mol. The van der Waals surface area contributed by atoms with Crippen LogP contribution in [0.1, 0.15) is 12.1 Å². The van der Waals surface area contributed by atoms with Gasteiger partial charge in [0.2, 0.25) is 0 Å². The third kappa shape index (κ3) is 6.45. The van der Waals surface area contributed by atoms with Crippen molar-refractivity contribution in [3.63, 3.8) is 0 Å². The Bertz CT molecular complexity index is 1910. The smallest absolute Gasteiger partial charge is 0.337 e. The Morgan fingerprint density at radius 2 is 1.91 bits per heavy atom. The maximum Gasteiger partial charge on any atom is 0.337 e. The molecule has 13 heteroatoms. The highest BCUT2D eigenvalue weighted by molar-refractivity contribution is 5.89. The van der Waals surface area contributed by atoms with Crippen molar-refractivity contribution in [1.29, 1.82) is 0 Å². The van der Waals surface area contributed by atoms with Crippen LogP contribution in [-0.4, -0.2) is 58.1 Å². The van der Waals surface area contributed by atoms with Gasteiger partial charge in [-0.1, -0.05) is 18.1 Å². The Hall–Kier alpha value is -5.48. The van der Waals surface area contributed by atoms with Crippen LogP contribution in [0.3, 0.4) is 0 Å². The molecule has 0 unspecified atom stereocenters. The molecule has 0 aliphatic rings. The molecule has 0 aliphatic heterocycles. The van der Waals surface area contributed by atoms with Crippen molar-refractivity contribution < 1.29 is 18.3 Å². The fourth-order valence-electron chi connectivity index (χ4n) is 4.55. The zero-order valence-corrected chi connectivity index (χ0v) is 24.6. The van der Waals surface area contributed by atoms with E-state index in [9.17, 15) is 18.8 Å². The van der Waals surface area contributed by atoms with E-state index < -0.39 is 28.9 Å². The summed E-state index contributed by atoms with van der Waals surface area (Å²) < 4.78 is 38.6. The number of carbonyl (C=O) groups is 1. The van der Waals surface area contributed by atoms with Crippen LogP contribution in [0, 0.1) is 18.2 Å². The van der Waals surface area contributed by atoms with Gasteiger partial charge in [0.1, 0.15) is 11.2 Å². The van der Waals surface area contributed by atoms with Crippen LogP contribution in [0.15, 0.2) is 76.1 Å². The summed E-state index contributed by atoms with van der Waals surface area (Å²) in [5.74, 6) is 0.613. The predicted octanol–water partition coefficient (Wildman–Crippen LogP) is 3.73. The quantitative estimate of drug-likeness (QED) is 0.211. The molecule has 0 radical (unpaired) electrons. The highest BCUT2D eigenvalue weighted by Gasteiger charge is 2.26. The number of aryl methyl sites for hydroxylation is 1. The van der Waals surface area contributed by atoms with Gasteiger partial charge in [-0.2, -0.15) is 0 Å². The van der Waals surface area contributed by atoms with Crippen molar-refractivity contribution in [1.82, 2.24) is 29.1 Å². The van der Waals surface area contributed by atoms with Gasteiger partial charge in [-0.25, -0.2) is 27.6 Å². The van der Waals surface area contributed by atoms with Gasteiger partial charge in [0.05, 0.1) is 24.2 Å². The summed E-state index contributed by atoms with van der Waals surface area (Å²) in [7, 11) is 6.34. The van der Waals surface area contributed by atoms with Gasteiger partial charge in [0.25, 0.3) is 5.56 Å². The van der Waals surface area contributed by atoms with E-state index in [0.717, 1.165) is 4.57 Å². The molecule has 0 fully saturated rings. The van der Waals surface area contributed by atoms with E-state index in [0.29, 0.717) is 21.6 Å². The van der Waals surface area contributed by atoms with Crippen LogP contribution in [0.4, 0.5) is 19.3 Å². The maximum absolute atomic E-state index is 15.5. The standard InChI is InChI=1S/C31H31F2N7O4/c1-6-7-8-10-20(32)17-18-38-28-26(29(41)39(31(38)43)23-11-9-12-25(44-5)27(23)33)24(19-37(3)4)40(36-28)22-15-13-21(14-16-22)35-30(42)34-2/h1,7-16H,17-19H2,2-5H3,(H2,34,35,42)/b8-7-,20-10+. The first-order chi connectivity index (χ1) is 21.1. The Kier molecular flexibility index (Phi) is 9.77. The lowest BCUT2D eigenvalue weighted by molar-refractivity contribution is 0.254. The van der Waals surface area contributed by atoms with Crippen molar-refractivity contribution in [3.05, 3.63) is 98.9 Å². The van der Waals surface area contributed by atoms with Gasteiger partial charge in [-0.15, -0.1) is 11.5 Å². The second-order valence-corrected chi connectivity index (χ2v) is 9.80. The molecule has 0 saturated heterocycles. The van der Waals surface area contributed by atoms with Gasteiger partial charge in [0.15, 0.2) is 17.2 Å². The number of hydrogen-bond donors (Lipinski definition) is 2. The summed E-state index contributed by atoms with van der Waals surface area (Å²) in [6.07, 6.45) is 8.78. The molecule has 4 rings (SSSR count). The zero-order chi connectivity index (χ0) is 32.0. The number of allylic oxidation sites excluding steroid dienone is 4. The number of fused-ring (bicyclic) bond motifs is 1. The number of halogens is 2. The third-order valence-electron chi connectivity index (χ3n) is 6.57. The first-order valence-electron chi connectivity index (χ1n) is 13.4. The van der Waals surface area contributed by atoms with Gasteiger partial charge in [-0.3, -0.25) is 9.36 Å². The normalized spacial score (nSPS) is 11.7. The van der Waals surface area contributed by atoms with Crippen molar-refractivity contribution in [2.24, 2.45) is 0 Å². The number of methoxy groups -OCH3 is 1. The minimum absolute atomic E-state index is 0.00377. The molecule has 0 aliphatic carbocycles. The number of amides is 2. The second kappa shape index (κ2) is 13.7. The topological polar surface area (TPSA) is 115 Å². The number of anilines is 1. The van der Waals surface area contributed by atoms with Gasteiger partial charge < -0.3 is 20.3 Å². The molecule has 2 aromatic carbocycles. The molecule has 11 nitrogen and oxygen atoms in total. The van der Waals surface area contributed by atoms with Crippen LogP contribution >= 0.6 is 0 Å². The summed E-state index contributed by atoms with van der Waals surface area (Å²) >= 11 is 0. The second-order valence-electron chi connectivity index (χ2n) is 9.80. The first kappa shape index (κ1) is 31.5. The molecule has 2 amide bonds. The Labute approximate surface area is 251 Å². The molecule has 44 heavy (non-hydrogen) atoms. The number of nitrogens with one attached hydrogen (secondary N) is 2. The molecule has 4 aromatic rings. The highest BCUT2D eigenvalue weighted by Crippen LogP contribution is 2.25. The van der Waals surface area contributed by atoms with Crippen LogP contribution in [0.25, 0.3) is 22.4 Å². The number of carbonyl (C=O) groups excluding carboxylic acids is 1. The fourth-order valence-corrected chi connectivity index (χ4v) is 4.55. The van der Waals surface area contributed by atoms with E-state index in [2.05, 4.69) is 21.7 Å². The number of aromatic nitrogens is 4. The summed E-state index contributed by atoms with van der Waals surface area (Å²) in [5.41, 5.74) is -0.612. The molecule has 0 bridgehead atoms. The monoisotopic (exact) mass is 603 g/mol. The molecule has 0 spiro atoms. The third-order valence-corrected chi connectivity index (χ3v) is 6.57. The van der Waals surface area contributed by atoms with E-state index in [-0.39, 0.29) is 42.0 Å². The minimum atomic E-state index is -0.911. The molecule has 2 N–H and O–H groups in total. The van der Waals surface area contributed by atoms with E-state index >= 15 is 4.39 Å². The Morgan fingerprint density at radius 1 is 1.18 bits per heavy atom. The largest absolute Gasteiger partial charge is 0.494 e. The fraction of sp³-hybridized carbons (Fsp3) is 0.226. The van der Waals surface area contributed by atoms with Gasteiger partial charge in [0, 0.05) is 32.2 Å². The SMILES string of the molecule is C#C/C=C\C=C(\F)CCn1c(=O)n(-c2cccc(OC)c2F)c(=O)c2c(CN(C)C)n(-c3ccc(NC(=O)NC)cc3)nc21. The average molecular weight is 604 g/mol. The molecular formula is C31H31F2N7O4. The lowest BCUT2D eigenvalue weighted by atomic mass is 10.2. The van der Waals surface area contributed by atoms with E-state index in [1.165, 1.54) is 55.3 Å². The van der Waals surface area contributed by atoms with Crippen LogP contribution in [0.2, 0.25) is 0 Å². The summed E-state index contributed by atoms with van der Waals surface area (Å²) in [4.78, 5) is 41.6. The number of benzene rings is 2. The average Bonchev–Trinajstić information content (AvgIpc) is 3.36. The van der Waals surface area contributed by atoms with Crippen molar-refractivity contribution in [2.45, 2.75) is 19.5 Å². The maximum atomic E-state index is 15.5. The number of ether oxygens (including phenoxy) is 1. The molecule has 0 atom stereocenters. The molecule has 228 valence electrons. The first-order valence-corrected chi connectivity index (χ1v) is 13.4. The minimum Gasteiger partial charge on any atom is -0.494 e. The Morgan fingerprint density at radius 3 is 2.55 bits per heavy atom. The number of terminal acetylenes is 1. The van der Waals surface area contributed by atoms with Crippen LogP contribution in [0.5, 0.6) is 5.75 Å². The lowest BCUT2D eigenvalue weighted by Gasteiger charge is -2.14. The molecule has 2 aromatic heterocycles. The number of urea groups is 1. The highest BCUT2D eigenvalue weighted by atomic mass is 19.1. The van der Waals surface area contributed by atoms with Crippen molar-refractivity contribution in [3.8, 4) is 29.5 Å². The number of rotatable bonds is 10. The lowest BCUT2D eigenvalue weighted by Crippen LogP contribution is -2.39. The van der Waals surface area contributed by atoms with Crippen LogP contribution < -0.4 is 26.6 Å². The summed E-state index contributed by atoms with van der Waals surface area (Å²) in [6.45, 7) is -0.0191. The van der Waals surface area contributed by atoms with Crippen molar-refractivity contribution >= 4 is 22.8 Å². The van der Waals surface area contributed by atoms with Crippen LogP contribution in [-0.2, 0) is 13.1 Å². The predicted molar refractivity (Wildman–Crippen MR) is 165 cm³/mol. The summed E-state index contributed by atoms with van der Waals surface area (Å²) in [5, 5.41) is 9.83. The summed E-state index contributed by atoms with van der Waals surface area (Å²) in [6, 6.07) is 10.4. The molecule has 2 heterocycles. The molecule has 0 saturated carbocycles. The van der Waals surface area contributed by atoms with Gasteiger partial charge in [-0.05, 0) is 62.6 Å². The van der Waals surface area contributed by atoms with E-state index in [4.69, 9.17) is 11.2 Å². The van der Waals surface area contributed by atoms with E-state index in [1.54, 1.807) is 43.3 Å². The Balaban J connectivity index is 2.02.